The standard InChI is InChI=1S/C11H24N2/c1-9(2)12-7-6-11(5)13(8-12)10(3)4/h9-11H,6-8H2,1-5H3. The summed E-state index contributed by atoms with van der Waals surface area (Å²) in [6.45, 7) is 13.9. The van der Waals surface area contributed by atoms with Gasteiger partial charge in [-0.2, -0.15) is 0 Å². The van der Waals surface area contributed by atoms with Crippen LogP contribution in [0.15, 0.2) is 0 Å². The van der Waals surface area contributed by atoms with Crippen LogP contribution in [0.25, 0.3) is 0 Å². The minimum Gasteiger partial charge on any atom is -0.288 e. The smallest absolute Gasteiger partial charge is 0.0513 e. The van der Waals surface area contributed by atoms with Gasteiger partial charge >= 0.3 is 0 Å². The lowest BCUT2D eigenvalue weighted by Gasteiger charge is -2.44. The van der Waals surface area contributed by atoms with Crippen LogP contribution >= 0.6 is 0 Å². The summed E-state index contributed by atoms with van der Waals surface area (Å²) in [7, 11) is 0. The molecule has 1 aliphatic heterocycles. The van der Waals surface area contributed by atoms with Crippen molar-refractivity contribution in [1.82, 2.24) is 9.80 Å². The molecule has 0 spiro atoms. The third kappa shape index (κ3) is 2.68. The fourth-order valence-corrected chi connectivity index (χ4v) is 2.03. The minimum absolute atomic E-state index is 0.677. The Balaban J connectivity index is 2.53. The summed E-state index contributed by atoms with van der Waals surface area (Å²) in [5.41, 5.74) is 0. The number of hydrogen-bond donors (Lipinski definition) is 0. The molecule has 1 heterocycles. The molecule has 0 amide bonds. The van der Waals surface area contributed by atoms with Gasteiger partial charge < -0.3 is 0 Å². The van der Waals surface area contributed by atoms with Crippen LogP contribution in [0.1, 0.15) is 41.0 Å². The highest BCUT2D eigenvalue weighted by atomic mass is 15.4. The Bertz CT molecular complexity index is 154. The van der Waals surface area contributed by atoms with E-state index in [1.165, 1.54) is 13.0 Å². The lowest BCUT2D eigenvalue weighted by Crippen LogP contribution is -2.53. The fraction of sp³-hybridized carbons (Fsp3) is 1.00. The SMILES string of the molecule is CC(C)N1CCC(C)N(C(C)C)C1. The largest absolute Gasteiger partial charge is 0.288 e. The highest BCUT2D eigenvalue weighted by Crippen LogP contribution is 2.17. The number of nitrogens with zero attached hydrogens (tertiary/aromatic N) is 2. The monoisotopic (exact) mass is 184 g/mol. The highest BCUT2D eigenvalue weighted by molar-refractivity contribution is 4.79. The van der Waals surface area contributed by atoms with Crippen molar-refractivity contribution in [3.63, 3.8) is 0 Å². The zero-order valence-electron chi connectivity index (χ0n) is 9.75. The van der Waals surface area contributed by atoms with E-state index in [0.29, 0.717) is 12.1 Å². The van der Waals surface area contributed by atoms with Gasteiger partial charge in [0.15, 0.2) is 0 Å². The lowest BCUT2D eigenvalue weighted by molar-refractivity contribution is 0.00750. The summed E-state index contributed by atoms with van der Waals surface area (Å²) < 4.78 is 0. The van der Waals surface area contributed by atoms with Crippen LogP contribution in [-0.4, -0.2) is 41.1 Å². The first-order chi connectivity index (χ1) is 6.02. The Morgan fingerprint density at radius 2 is 1.69 bits per heavy atom. The number of rotatable bonds is 2. The summed E-state index contributed by atoms with van der Waals surface area (Å²) in [5.74, 6) is 0. The number of hydrogen-bond acceptors (Lipinski definition) is 2. The van der Waals surface area contributed by atoms with Crippen molar-refractivity contribution in [2.75, 3.05) is 13.2 Å². The highest BCUT2D eigenvalue weighted by Gasteiger charge is 2.26. The summed E-state index contributed by atoms with van der Waals surface area (Å²) in [6.07, 6.45) is 1.32. The van der Waals surface area contributed by atoms with Crippen LogP contribution in [0.2, 0.25) is 0 Å². The van der Waals surface area contributed by atoms with Crippen molar-refractivity contribution >= 4 is 0 Å². The molecule has 1 atom stereocenters. The van der Waals surface area contributed by atoms with Crippen molar-refractivity contribution in [2.24, 2.45) is 0 Å². The second-order valence-electron chi connectivity index (χ2n) is 4.79. The van der Waals surface area contributed by atoms with Crippen molar-refractivity contribution in [1.29, 1.82) is 0 Å². The molecule has 1 rings (SSSR count). The minimum atomic E-state index is 0.677. The van der Waals surface area contributed by atoms with E-state index in [4.69, 9.17) is 0 Å². The molecule has 0 saturated carbocycles. The molecule has 78 valence electrons. The molecule has 2 nitrogen and oxygen atoms in total. The normalized spacial score (nSPS) is 27.5. The van der Waals surface area contributed by atoms with Gasteiger partial charge in [-0.05, 0) is 41.0 Å². The molecular weight excluding hydrogens is 160 g/mol. The van der Waals surface area contributed by atoms with Crippen LogP contribution in [0, 0.1) is 0 Å². The third-order valence-corrected chi connectivity index (χ3v) is 3.14. The topological polar surface area (TPSA) is 6.48 Å². The molecule has 1 fully saturated rings. The Morgan fingerprint density at radius 3 is 2.15 bits per heavy atom. The van der Waals surface area contributed by atoms with Gasteiger partial charge in [0.2, 0.25) is 0 Å². The molecule has 0 aromatic heterocycles. The van der Waals surface area contributed by atoms with Gasteiger partial charge in [0.25, 0.3) is 0 Å². The van der Waals surface area contributed by atoms with E-state index in [0.717, 1.165) is 12.7 Å². The molecule has 1 saturated heterocycles. The first-order valence-electron chi connectivity index (χ1n) is 5.52. The van der Waals surface area contributed by atoms with E-state index < -0.39 is 0 Å². The van der Waals surface area contributed by atoms with Gasteiger partial charge in [0.05, 0.1) is 6.67 Å². The zero-order chi connectivity index (χ0) is 10.0. The van der Waals surface area contributed by atoms with Gasteiger partial charge in [0.1, 0.15) is 0 Å². The molecule has 0 aromatic carbocycles. The molecule has 0 aliphatic carbocycles. The maximum absolute atomic E-state index is 2.59. The maximum Gasteiger partial charge on any atom is 0.0513 e. The van der Waals surface area contributed by atoms with Crippen LogP contribution < -0.4 is 0 Å². The molecule has 0 aromatic rings. The van der Waals surface area contributed by atoms with E-state index in [-0.39, 0.29) is 0 Å². The van der Waals surface area contributed by atoms with Gasteiger partial charge in [-0.25, -0.2) is 0 Å². The Labute approximate surface area is 82.9 Å². The van der Waals surface area contributed by atoms with E-state index in [9.17, 15) is 0 Å². The summed E-state index contributed by atoms with van der Waals surface area (Å²) in [6, 6.07) is 2.13. The van der Waals surface area contributed by atoms with Gasteiger partial charge in [-0.3, -0.25) is 9.80 Å². The van der Waals surface area contributed by atoms with E-state index in [2.05, 4.69) is 44.4 Å². The summed E-state index contributed by atoms with van der Waals surface area (Å²) >= 11 is 0. The average Bonchev–Trinajstić information content (AvgIpc) is 2.04. The van der Waals surface area contributed by atoms with Gasteiger partial charge in [-0.1, -0.05) is 0 Å². The van der Waals surface area contributed by atoms with E-state index in [1.807, 2.05) is 0 Å². The van der Waals surface area contributed by atoms with Gasteiger partial charge in [-0.15, -0.1) is 0 Å². The molecule has 13 heavy (non-hydrogen) atoms. The second kappa shape index (κ2) is 4.43. The quantitative estimate of drug-likeness (QED) is 0.649. The molecule has 0 bridgehead atoms. The van der Waals surface area contributed by atoms with Crippen molar-refractivity contribution in [3.05, 3.63) is 0 Å². The Morgan fingerprint density at radius 1 is 1.08 bits per heavy atom. The van der Waals surface area contributed by atoms with Crippen LogP contribution in [0.3, 0.4) is 0 Å². The molecule has 1 unspecified atom stereocenters. The molecule has 0 N–H and O–H groups in total. The van der Waals surface area contributed by atoms with Gasteiger partial charge in [0, 0.05) is 24.7 Å². The zero-order valence-corrected chi connectivity index (χ0v) is 9.75. The molecule has 0 radical (unpaired) electrons. The van der Waals surface area contributed by atoms with E-state index >= 15 is 0 Å². The van der Waals surface area contributed by atoms with Crippen LogP contribution in [-0.2, 0) is 0 Å². The Kier molecular flexibility index (Phi) is 3.74. The van der Waals surface area contributed by atoms with Crippen molar-refractivity contribution in [2.45, 2.75) is 59.2 Å². The first-order valence-corrected chi connectivity index (χ1v) is 5.52. The predicted octanol–water partition coefficient (Wildman–Crippen LogP) is 2.16. The average molecular weight is 184 g/mol. The molecule has 2 heteroatoms. The molecule has 1 aliphatic rings. The molecular formula is C11H24N2. The Hall–Kier alpha value is -0.0800. The van der Waals surface area contributed by atoms with Crippen molar-refractivity contribution < 1.29 is 0 Å². The third-order valence-electron chi connectivity index (χ3n) is 3.14. The second-order valence-corrected chi connectivity index (χ2v) is 4.79. The lowest BCUT2D eigenvalue weighted by atomic mass is 10.1. The van der Waals surface area contributed by atoms with Crippen molar-refractivity contribution in [3.8, 4) is 0 Å². The van der Waals surface area contributed by atoms with Crippen LogP contribution in [0.4, 0.5) is 0 Å². The van der Waals surface area contributed by atoms with E-state index in [1.54, 1.807) is 0 Å². The first kappa shape index (κ1) is 11.0. The van der Waals surface area contributed by atoms with Crippen LogP contribution in [0.5, 0.6) is 0 Å². The summed E-state index contributed by atoms with van der Waals surface area (Å²) in [4.78, 5) is 5.14. The fourth-order valence-electron chi connectivity index (χ4n) is 2.03. The maximum atomic E-state index is 2.59. The predicted molar refractivity (Wildman–Crippen MR) is 57.8 cm³/mol. The summed E-state index contributed by atoms with van der Waals surface area (Å²) in [5, 5.41) is 0.